The molecule has 0 aromatic rings. The average Bonchev–Trinajstić information content (AvgIpc) is 2.68. The van der Waals surface area contributed by atoms with Crippen LogP contribution in [0.15, 0.2) is 33.4 Å². The average molecular weight is 489 g/mol. The van der Waals surface area contributed by atoms with Gasteiger partial charge in [0.1, 0.15) is 5.60 Å². The quantitative estimate of drug-likeness (QED) is 0.202. The van der Waals surface area contributed by atoms with Crippen LogP contribution in [0.4, 0.5) is 0 Å². The van der Waals surface area contributed by atoms with Crippen LogP contribution < -0.4 is 0 Å². The molecule has 0 aliphatic heterocycles. The van der Waals surface area contributed by atoms with Crippen LogP contribution in [0.5, 0.6) is 0 Å². The van der Waals surface area contributed by atoms with Crippen molar-refractivity contribution in [3.05, 3.63) is 33.4 Å². The Morgan fingerprint density at radius 2 is 0.800 bits per heavy atom. The molecule has 0 amide bonds. The summed E-state index contributed by atoms with van der Waals surface area (Å²) in [5, 5.41) is 0. The highest BCUT2D eigenvalue weighted by molar-refractivity contribution is 5.89. The van der Waals surface area contributed by atoms with Crippen LogP contribution in [0, 0.1) is 27.1 Å². The van der Waals surface area contributed by atoms with Gasteiger partial charge in [-0.1, -0.05) is 111 Å². The molecule has 2 heteroatoms. The smallest absolute Gasteiger partial charge is 0.334 e. The lowest BCUT2D eigenvalue weighted by atomic mass is 9.53. The van der Waals surface area contributed by atoms with E-state index in [0.717, 1.165) is 5.57 Å². The number of allylic oxidation sites excluding steroid dienone is 3. The van der Waals surface area contributed by atoms with Gasteiger partial charge in [-0.05, 0) is 71.6 Å². The standard InChI is InChI=1S/C33H60O2/c1-21(2)22(3)27(34)35-33(20,31(16,17)24(5)23(4)28(8,9)10)32(18,19)26(7)25(6)30(14,15)29(11,12)13/h1-20H3/b24-23+,26-25+. The van der Waals surface area contributed by atoms with E-state index >= 15 is 0 Å². The Morgan fingerprint density at radius 3 is 1.09 bits per heavy atom. The van der Waals surface area contributed by atoms with Crippen LogP contribution in [0.2, 0.25) is 0 Å². The van der Waals surface area contributed by atoms with E-state index in [2.05, 4.69) is 118 Å². The Bertz CT molecular complexity index is 898. The lowest BCUT2D eigenvalue weighted by molar-refractivity contribution is -0.182. The summed E-state index contributed by atoms with van der Waals surface area (Å²) in [4.78, 5) is 13.5. The molecule has 35 heavy (non-hydrogen) atoms. The third-order valence-corrected chi connectivity index (χ3v) is 10.7. The maximum atomic E-state index is 13.5. The first-order valence-electron chi connectivity index (χ1n) is 13.4. The molecule has 0 heterocycles. The summed E-state index contributed by atoms with van der Waals surface area (Å²) in [5.41, 5.74) is 5.40. The molecule has 0 saturated heterocycles. The molecule has 1 atom stereocenters. The van der Waals surface area contributed by atoms with E-state index in [1.807, 2.05) is 20.8 Å². The van der Waals surface area contributed by atoms with Gasteiger partial charge in [0, 0.05) is 16.4 Å². The molecular formula is C33H60O2. The predicted octanol–water partition coefficient (Wildman–Crippen LogP) is 10.5. The third-order valence-electron chi connectivity index (χ3n) is 10.7. The Hall–Kier alpha value is -1.31. The summed E-state index contributed by atoms with van der Waals surface area (Å²) < 4.78 is 6.68. The molecule has 0 rings (SSSR count). The zero-order chi connectivity index (χ0) is 28.7. The van der Waals surface area contributed by atoms with Gasteiger partial charge >= 0.3 is 5.97 Å². The minimum absolute atomic E-state index is 0.0224. The number of esters is 1. The fraction of sp³-hybridized carbons (Fsp3) is 0.788. The summed E-state index contributed by atoms with van der Waals surface area (Å²) in [6, 6.07) is 0. The first-order valence-corrected chi connectivity index (χ1v) is 13.4. The Morgan fingerprint density at radius 1 is 0.486 bits per heavy atom. The Balaban J connectivity index is 7.52. The van der Waals surface area contributed by atoms with E-state index in [1.165, 1.54) is 22.3 Å². The fourth-order valence-electron chi connectivity index (χ4n) is 4.75. The molecule has 0 aromatic carbocycles. The highest BCUT2D eigenvalue weighted by Crippen LogP contribution is 2.57. The highest BCUT2D eigenvalue weighted by Gasteiger charge is 2.57. The second-order valence-electron chi connectivity index (χ2n) is 14.9. The highest BCUT2D eigenvalue weighted by atomic mass is 16.6. The molecule has 0 aliphatic rings. The molecule has 0 N–H and O–H groups in total. The van der Waals surface area contributed by atoms with Crippen molar-refractivity contribution in [1.29, 1.82) is 0 Å². The Labute approximate surface area is 220 Å². The van der Waals surface area contributed by atoms with Crippen molar-refractivity contribution in [2.45, 2.75) is 144 Å². The van der Waals surface area contributed by atoms with Crippen molar-refractivity contribution in [2.24, 2.45) is 27.1 Å². The molecule has 0 spiro atoms. The van der Waals surface area contributed by atoms with E-state index in [-0.39, 0.29) is 22.2 Å². The van der Waals surface area contributed by atoms with Gasteiger partial charge in [0.05, 0.1) is 0 Å². The van der Waals surface area contributed by atoms with Crippen LogP contribution >= 0.6 is 0 Å². The third kappa shape index (κ3) is 6.16. The topological polar surface area (TPSA) is 26.3 Å². The second-order valence-corrected chi connectivity index (χ2v) is 14.9. The van der Waals surface area contributed by atoms with Gasteiger partial charge in [0.2, 0.25) is 0 Å². The van der Waals surface area contributed by atoms with Crippen molar-refractivity contribution >= 4 is 5.97 Å². The van der Waals surface area contributed by atoms with Crippen LogP contribution in [0.25, 0.3) is 0 Å². The predicted molar refractivity (Wildman–Crippen MR) is 156 cm³/mol. The van der Waals surface area contributed by atoms with E-state index < -0.39 is 16.4 Å². The monoisotopic (exact) mass is 488 g/mol. The Kier molecular flexibility index (Phi) is 9.83. The first-order chi connectivity index (χ1) is 15.1. The molecular weight excluding hydrogens is 428 g/mol. The largest absolute Gasteiger partial charge is 0.454 e. The number of ether oxygens (including phenoxy) is 1. The molecule has 0 bridgehead atoms. The number of rotatable bonds is 7. The number of carbonyl (C=O) groups excluding carboxylic acids is 1. The molecule has 0 aromatic heterocycles. The summed E-state index contributed by atoms with van der Waals surface area (Å²) in [5.74, 6) is -0.226. The minimum Gasteiger partial charge on any atom is -0.454 e. The van der Waals surface area contributed by atoms with Crippen molar-refractivity contribution in [3.63, 3.8) is 0 Å². The fourth-order valence-corrected chi connectivity index (χ4v) is 4.75. The summed E-state index contributed by atoms with van der Waals surface area (Å²) in [6.07, 6.45) is 0. The number of carbonyl (C=O) groups is 1. The van der Waals surface area contributed by atoms with E-state index in [0.29, 0.717) is 5.57 Å². The van der Waals surface area contributed by atoms with E-state index in [9.17, 15) is 4.79 Å². The molecule has 204 valence electrons. The summed E-state index contributed by atoms with van der Waals surface area (Å²) >= 11 is 0. The van der Waals surface area contributed by atoms with Crippen LogP contribution in [-0.4, -0.2) is 11.6 Å². The SMILES string of the molecule is CC(C)=C(C)C(=O)OC(C)(C(C)(C)/C(C)=C(\C)C(C)(C)C)C(C)(C)/C(C)=C(\C)C(C)(C)C(C)(C)C. The van der Waals surface area contributed by atoms with Gasteiger partial charge in [-0.3, -0.25) is 0 Å². The van der Waals surface area contributed by atoms with Crippen molar-refractivity contribution in [2.75, 3.05) is 0 Å². The van der Waals surface area contributed by atoms with Crippen molar-refractivity contribution in [1.82, 2.24) is 0 Å². The van der Waals surface area contributed by atoms with E-state index in [4.69, 9.17) is 4.74 Å². The molecule has 2 nitrogen and oxygen atoms in total. The van der Waals surface area contributed by atoms with Gasteiger partial charge < -0.3 is 4.74 Å². The van der Waals surface area contributed by atoms with Crippen LogP contribution in [0.1, 0.15) is 138 Å². The van der Waals surface area contributed by atoms with E-state index in [1.54, 1.807) is 0 Å². The molecule has 0 saturated carbocycles. The summed E-state index contributed by atoms with van der Waals surface area (Å²) in [6.45, 7) is 44.3. The van der Waals surface area contributed by atoms with Crippen LogP contribution in [-0.2, 0) is 9.53 Å². The van der Waals surface area contributed by atoms with Gasteiger partial charge in [0.15, 0.2) is 0 Å². The van der Waals surface area contributed by atoms with Gasteiger partial charge in [-0.15, -0.1) is 0 Å². The summed E-state index contributed by atoms with van der Waals surface area (Å²) in [7, 11) is 0. The lowest BCUT2D eigenvalue weighted by Gasteiger charge is -2.56. The number of hydrogen-bond donors (Lipinski definition) is 0. The number of hydrogen-bond acceptors (Lipinski definition) is 2. The second kappa shape index (κ2) is 10.2. The molecule has 0 fully saturated rings. The maximum Gasteiger partial charge on any atom is 0.334 e. The van der Waals surface area contributed by atoms with Gasteiger partial charge in [-0.2, -0.15) is 0 Å². The van der Waals surface area contributed by atoms with Crippen molar-refractivity contribution in [3.8, 4) is 0 Å². The normalized spacial score (nSPS) is 17.3. The molecule has 0 radical (unpaired) electrons. The molecule has 0 aliphatic carbocycles. The van der Waals surface area contributed by atoms with Crippen molar-refractivity contribution < 1.29 is 9.53 Å². The van der Waals surface area contributed by atoms with Crippen LogP contribution in [0.3, 0.4) is 0 Å². The zero-order valence-electron chi connectivity index (χ0n) is 27.3. The van der Waals surface area contributed by atoms with Gasteiger partial charge in [-0.25, -0.2) is 4.79 Å². The maximum absolute atomic E-state index is 13.5. The van der Waals surface area contributed by atoms with Gasteiger partial charge in [0.25, 0.3) is 0 Å². The molecule has 1 unspecified atom stereocenters. The first kappa shape index (κ1) is 33.7. The zero-order valence-corrected chi connectivity index (χ0v) is 27.3. The lowest BCUT2D eigenvalue weighted by Crippen LogP contribution is -2.58. The minimum atomic E-state index is -0.802.